The number of ether oxygens (including phenoxy) is 2. The molecule has 1 aliphatic rings. The number of fused-ring (bicyclic) bond motifs is 1. The van der Waals surface area contributed by atoms with Crippen LogP contribution in [0.3, 0.4) is 0 Å². The molecule has 1 N–H and O–H groups in total. The van der Waals surface area contributed by atoms with Gasteiger partial charge in [-0.25, -0.2) is 9.78 Å². The summed E-state index contributed by atoms with van der Waals surface area (Å²) < 4.78 is 16.3. The first-order valence-corrected chi connectivity index (χ1v) is 18.0. The van der Waals surface area contributed by atoms with Gasteiger partial charge in [-0.2, -0.15) is 5.10 Å². The van der Waals surface area contributed by atoms with Gasteiger partial charge in [0.1, 0.15) is 18.5 Å². The predicted molar refractivity (Wildman–Crippen MR) is 160 cm³/mol. The number of hydrogen-bond donors (Lipinski definition) is 1. The van der Waals surface area contributed by atoms with Crippen LogP contribution in [-0.2, 0) is 21.7 Å². The average molecular weight is 554 g/mol. The van der Waals surface area contributed by atoms with E-state index in [-0.39, 0.29) is 29.7 Å². The number of aryl methyl sites for hydroxylation is 1. The largest absolute Gasteiger partial charge is 0.446 e. The maximum absolute atomic E-state index is 12.2. The van der Waals surface area contributed by atoms with Crippen LogP contribution in [0.5, 0.6) is 0 Å². The first kappa shape index (κ1) is 29.3. The molecular weight excluding hydrogens is 506 g/mol. The first-order valence-electron chi connectivity index (χ1n) is 14.3. The molecule has 1 amide bonds. The lowest BCUT2D eigenvalue weighted by molar-refractivity contribution is 0.0907. The zero-order valence-electron chi connectivity index (χ0n) is 25.3. The quantitative estimate of drug-likeness (QED) is 0.227. The number of rotatable bonds is 9. The van der Waals surface area contributed by atoms with Gasteiger partial charge in [0.2, 0.25) is 0 Å². The Morgan fingerprint density at radius 1 is 1.21 bits per heavy atom. The van der Waals surface area contributed by atoms with E-state index in [0.717, 1.165) is 60.2 Å². The molecule has 9 heteroatoms. The van der Waals surface area contributed by atoms with Crippen molar-refractivity contribution < 1.29 is 14.3 Å². The molecule has 4 rings (SSSR count). The summed E-state index contributed by atoms with van der Waals surface area (Å²) in [6.45, 7) is 20.8. The molecule has 0 aliphatic heterocycles. The molecule has 2 atom stereocenters. The van der Waals surface area contributed by atoms with Crippen LogP contribution >= 0.6 is 0 Å². The molecule has 0 radical (unpaired) electrons. The second kappa shape index (κ2) is 11.5. The number of carbonyl (C=O) groups is 1. The number of carbonyl (C=O) groups excluding carboxylic acids is 1. The molecule has 3 aromatic rings. The smallest absolute Gasteiger partial charge is 0.407 e. The average Bonchev–Trinajstić information content (AvgIpc) is 3.52. The maximum Gasteiger partial charge on any atom is 0.407 e. The van der Waals surface area contributed by atoms with Gasteiger partial charge in [0.15, 0.2) is 5.82 Å². The van der Waals surface area contributed by atoms with E-state index in [4.69, 9.17) is 19.6 Å². The van der Waals surface area contributed by atoms with Crippen LogP contribution < -0.4 is 5.32 Å². The monoisotopic (exact) mass is 553 g/mol. The first-order chi connectivity index (χ1) is 18.2. The molecule has 1 aromatic carbocycles. The van der Waals surface area contributed by atoms with Crippen molar-refractivity contribution in [1.29, 1.82) is 0 Å². The van der Waals surface area contributed by atoms with Gasteiger partial charge in [0.05, 0.1) is 22.3 Å². The fourth-order valence-corrected chi connectivity index (χ4v) is 5.98. The Labute approximate surface area is 234 Å². The predicted octanol–water partition coefficient (Wildman–Crippen LogP) is 7.05. The van der Waals surface area contributed by atoms with Crippen molar-refractivity contribution in [2.45, 2.75) is 117 Å². The number of alkyl carbamates (subject to hydrolysis) is 1. The summed E-state index contributed by atoms with van der Waals surface area (Å²) in [7, 11) is -1.19. The van der Waals surface area contributed by atoms with Crippen LogP contribution in [0.25, 0.3) is 22.6 Å². The molecule has 214 valence electrons. The topological polar surface area (TPSA) is 83.2 Å². The Hall–Kier alpha value is -2.65. The minimum atomic E-state index is -1.19. The molecule has 1 saturated carbocycles. The van der Waals surface area contributed by atoms with Crippen molar-refractivity contribution in [2.24, 2.45) is 0 Å². The molecule has 0 saturated heterocycles. The Morgan fingerprint density at radius 3 is 2.62 bits per heavy atom. The van der Waals surface area contributed by atoms with Crippen LogP contribution in [0.15, 0.2) is 24.3 Å². The second-order valence-corrected chi connectivity index (χ2v) is 19.1. The van der Waals surface area contributed by atoms with E-state index in [1.807, 2.05) is 13.8 Å². The fourth-order valence-electron chi connectivity index (χ4n) is 5.23. The van der Waals surface area contributed by atoms with E-state index < -0.39 is 8.07 Å². The summed E-state index contributed by atoms with van der Waals surface area (Å²) in [6.07, 6.45) is 2.13. The Kier molecular flexibility index (Phi) is 8.61. The van der Waals surface area contributed by atoms with Crippen molar-refractivity contribution in [3.63, 3.8) is 0 Å². The SMILES string of the molecule is Cc1cccc2nc(-c3cc(C4CCC(OC(=O)NC(C)C)C4)nn3C(C)(C)C)n(COCC[Si](C)(C)C)c12. The number of aromatic nitrogens is 4. The third-order valence-corrected chi connectivity index (χ3v) is 8.97. The number of imidazole rings is 1. The molecule has 1 fully saturated rings. The van der Waals surface area contributed by atoms with Gasteiger partial charge in [0.25, 0.3) is 0 Å². The van der Waals surface area contributed by atoms with Crippen molar-refractivity contribution in [2.75, 3.05) is 6.61 Å². The fraction of sp³-hybridized carbons (Fsp3) is 0.633. The van der Waals surface area contributed by atoms with E-state index >= 15 is 0 Å². The molecular formula is C30H47N5O3Si. The molecule has 2 unspecified atom stereocenters. The zero-order chi connectivity index (χ0) is 28.5. The van der Waals surface area contributed by atoms with E-state index in [2.05, 4.69) is 86.2 Å². The Balaban J connectivity index is 1.67. The zero-order valence-corrected chi connectivity index (χ0v) is 26.3. The summed E-state index contributed by atoms with van der Waals surface area (Å²) >= 11 is 0. The van der Waals surface area contributed by atoms with Gasteiger partial charge >= 0.3 is 6.09 Å². The highest BCUT2D eigenvalue weighted by Crippen LogP contribution is 2.39. The van der Waals surface area contributed by atoms with Gasteiger partial charge in [-0.05, 0) is 84.5 Å². The van der Waals surface area contributed by atoms with E-state index in [1.54, 1.807) is 0 Å². The second-order valence-electron chi connectivity index (χ2n) is 13.5. The molecule has 39 heavy (non-hydrogen) atoms. The highest BCUT2D eigenvalue weighted by molar-refractivity contribution is 6.76. The Bertz CT molecular complexity index is 1300. The Morgan fingerprint density at radius 2 is 1.95 bits per heavy atom. The van der Waals surface area contributed by atoms with Gasteiger partial charge in [-0.15, -0.1) is 0 Å². The summed E-state index contributed by atoms with van der Waals surface area (Å²) in [5.74, 6) is 1.11. The highest BCUT2D eigenvalue weighted by atomic mass is 28.3. The summed E-state index contributed by atoms with van der Waals surface area (Å²) in [6, 6.07) is 9.64. The van der Waals surface area contributed by atoms with Gasteiger partial charge < -0.3 is 14.8 Å². The van der Waals surface area contributed by atoms with Crippen molar-refractivity contribution in [1.82, 2.24) is 24.6 Å². The van der Waals surface area contributed by atoms with Crippen LogP contribution in [0.4, 0.5) is 4.79 Å². The van der Waals surface area contributed by atoms with E-state index in [0.29, 0.717) is 6.73 Å². The molecule has 0 spiro atoms. The van der Waals surface area contributed by atoms with Crippen molar-refractivity contribution >= 4 is 25.2 Å². The third kappa shape index (κ3) is 7.11. The number of benzene rings is 1. The van der Waals surface area contributed by atoms with Gasteiger partial charge in [0, 0.05) is 26.6 Å². The highest BCUT2D eigenvalue weighted by Gasteiger charge is 2.33. The minimum Gasteiger partial charge on any atom is -0.446 e. The van der Waals surface area contributed by atoms with Crippen LogP contribution in [0.2, 0.25) is 25.7 Å². The summed E-state index contributed by atoms with van der Waals surface area (Å²) in [5, 5.41) is 7.97. The molecule has 2 aromatic heterocycles. The number of para-hydroxylation sites is 1. The van der Waals surface area contributed by atoms with Crippen LogP contribution in [0, 0.1) is 6.92 Å². The maximum atomic E-state index is 12.2. The molecule has 8 nitrogen and oxygen atoms in total. The van der Waals surface area contributed by atoms with Crippen molar-refractivity contribution in [3.05, 3.63) is 35.5 Å². The lowest BCUT2D eigenvalue weighted by Gasteiger charge is -2.23. The van der Waals surface area contributed by atoms with Gasteiger partial charge in [-0.3, -0.25) is 9.25 Å². The lowest BCUT2D eigenvalue weighted by Crippen LogP contribution is -2.33. The third-order valence-electron chi connectivity index (χ3n) is 7.26. The molecule has 2 heterocycles. The van der Waals surface area contributed by atoms with E-state index in [9.17, 15) is 4.79 Å². The number of nitrogens with zero attached hydrogens (tertiary/aromatic N) is 4. The van der Waals surface area contributed by atoms with Crippen LogP contribution in [0.1, 0.15) is 71.1 Å². The minimum absolute atomic E-state index is 0.0575. The lowest BCUT2D eigenvalue weighted by atomic mass is 10.0. The molecule has 0 bridgehead atoms. The van der Waals surface area contributed by atoms with E-state index in [1.165, 1.54) is 5.56 Å². The summed E-state index contributed by atoms with van der Waals surface area (Å²) in [4.78, 5) is 17.3. The normalized spacial score (nSPS) is 18.3. The van der Waals surface area contributed by atoms with Gasteiger partial charge in [-0.1, -0.05) is 31.8 Å². The van der Waals surface area contributed by atoms with Crippen molar-refractivity contribution in [3.8, 4) is 11.5 Å². The number of hydrogen-bond acceptors (Lipinski definition) is 5. The summed E-state index contributed by atoms with van der Waals surface area (Å²) in [5.41, 5.74) is 5.03. The number of nitrogens with one attached hydrogen (secondary N) is 1. The standard InChI is InChI=1S/C30H47N5O3Si/c1-20(2)31-29(36)38-23-14-13-22(17-23)25-18-26(35(33-25)30(4,5)6)28-32-24-12-10-11-21(3)27(24)34(28)19-37-15-16-39(7,8)9/h10-12,18,20,22-23H,13-17,19H2,1-9H3,(H,31,36). The molecule has 1 aliphatic carbocycles. The van der Waals surface area contributed by atoms with Crippen LogP contribution in [-0.4, -0.2) is 52.3 Å². The number of amides is 1.